The highest BCUT2D eigenvalue weighted by Crippen LogP contribution is 2.24. The summed E-state index contributed by atoms with van der Waals surface area (Å²) in [5, 5.41) is 13.8. The molecule has 76 valence electrons. The van der Waals surface area contributed by atoms with Gasteiger partial charge in [-0.15, -0.1) is 0 Å². The van der Waals surface area contributed by atoms with E-state index in [0.717, 1.165) is 26.1 Å². The quantitative estimate of drug-likeness (QED) is 0.434. The molecule has 4 nitrogen and oxygen atoms in total. The van der Waals surface area contributed by atoms with E-state index in [-0.39, 0.29) is 0 Å². The number of nitrogens with one attached hydrogen (secondary N) is 4. The van der Waals surface area contributed by atoms with Gasteiger partial charge in [0.25, 0.3) is 0 Å². The summed E-state index contributed by atoms with van der Waals surface area (Å²) in [7, 11) is 0. The molecule has 0 bridgehead atoms. The van der Waals surface area contributed by atoms with Gasteiger partial charge in [-0.05, 0) is 12.8 Å². The molecule has 0 atom stereocenters. The molecule has 0 aromatic heterocycles. The molecular weight excluding hydrogens is 176 g/mol. The fraction of sp³-hybridized carbons (Fsp3) is 0.600. The molecule has 3 heterocycles. The predicted molar refractivity (Wildman–Crippen MR) is 55.0 cm³/mol. The van der Waals surface area contributed by atoms with Gasteiger partial charge in [0.15, 0.2) is 0 Å². The Balaban J connectivity index is 1.84. The first kappa shape index (κ1) is 8.03. The highest BCUT2D eigenvalue weighted by atomic mass is 15.2. The molecule has 0 fully saturated rings. The van der Waals surface area contributed by atoms with Gasteiger partial charge in [0.2, 0.25) is 0 Å². The Morgan fingerprint density at radius 2 is 1.64 bits per heavy atom. The molecule has 14 heavy (non-hydrogen) atoms. The minimum atomic E-state index is 1.02. The van der Waals surface area contributed by atoms with Crippen LogP contribution in [0.2, 0.25) is 0 Å². The molecule has 3 rings (SSSR count). The largest absolute Gasteiger partial charge is 0.387 e. The first-order chi connectivity index (χ1) is 6.93. The molecule has 0 radical (unpaired) electrons. The van der Waals surface area contributed by atoms with Crippen LogP contribution in [0.1, 0.15) is 19.3 Å². The van der Waals surface area contributed by atoms with Gasteiger partial charge in [0, 0.05) is 37.4 Å². The van der Waals surface area contributed by atoms with Gasteiger partial charge >= 0.3 is 0 Å². The van der Waals surface area contributed by atoms with E-state index in [1.165, 1.54) is 35.8 Å². The molecule has 0 saturated heterocycles. The fourth-order valence-electron chi connectivity index (χ4n) is 2.26. The smallest absolute Gasteiger partial charge is 0.123 e. The van der Waals surface area contributed by atoms with Crippen LogP contribution >= 0.6 is 0 Å². The zero-order chi connectivity index (χ0) is 9.38. The van der Waals surface area contributed by atoms with E-state index in [9.17, 15) is 0 Å². The lowest BCUT2D eigenvalue weighted by Crippen LogP contribution is -2.45. The SMILES string of the molecule is C1CNC2=C(C1)NC1=C(C2)NCCN1. The summed E-state index contributed by atoms with van der Waals surface area (Å²) < 4.78 is 0. The number of rotatable bonds is 0. The number of allylic oxidation sites excluding steroid dienone is 1. The topological polar surface area (TPSA) is 48.1 Å². The highest BCUT2D eigenvalue weighted by Gasteiger charge is 2.23. The standard InChI is InChI=1S/C10H16N4/c1-2-7-8(11-3-1)6-9-10(14-7)13-5-4-12-9/h11-14H,1-6H2. The van der Waals surface area contributed by atoms with Crippen molar-refractivity contribution in [1.82, 2.24) is 21.3 Å². The summed E-state index contributed by atoms with van der Waals surface area (Å²) >= 11 is 0. The van der Waals surface area contributed by atoms with E-state index in [4.69, 9.17) is 0 Å². The van der Waals surface area contributed by atoms with Crippen LogP contribution in [0.25, 0.3) is 0 Å². The maximum absolute atomic E-state index is 3.48. The monoisotopic (exact) mass is 192 g/mol. The molecule has 3 aliphatic heterocycles. The van der Waals surface area contributed by atoms with Crippen LogP contribution < -0.4 is 21.3 Å². The minimum absolute atomic E-state index is 1.02. The highest BCUT2D eigenvalue weighted by molar-refractivity contribution is 5.32. The van der Waals surface area contributed by atoms with Crippen LogP contribution in [0.3, 0.4) is 0 Å². The van der Waals surface area contributed by atoms with E-state index in [2.05, 4.69) is 21.3 Å². The van der Waals surface area contributed by atoms with Crippen molar-refractivity contribution in [2.75, 3.05) is 19.6 Å². The summed E-state index contributed by atoms with van der Waals surface area (Å²) in [5.41, 5.74) is 4.07. The van der Waals surface area contributed by atoms with Gasteiger partial charge in [-0.1, -0.05) is 0 Å². The van der Waals surface area contributed by atoms with Crippen molar-refractivity contribution < 1.29 is 0 Å². The molecule has 4 N–H and O–H groups in total. The van der Waals surface area contributed by atoms with Crippen LogP contribution in [0.4, 0.5) is 0 Å². The normalized spacial score (nSPS) is 25.1. The molecule has 0 amide bonds. The third-order valence-electron chi connectivity index (χ3n) is 3.00. The van der Waals surface area contributed by atoms with E-state index < -0.39 is 0 Å². The van der Waals surface area contributed by atoms with Crippen molar-refractivity contribution in [1.29, 1.82) is 0 Å². The molecule has 4 heteroatoms. The maximum Gasteiger partial charge on any atom is 0.123 e. The Hall–Kier alpha value is -1.32. The number of hydrogen-bond donors (Lipinski definition) is 4. The van der Waals surface area contributed by atoms with E-state index in [1.807, 2.05) is 0 Å². The third kappa shape index (κ3) is 1.22. The van der Waals surface area contributed by atoms with E-state index >= 15 is 0 Å². The lowest BCUT2D eigenvalue weighted by Gasteiger charge is -2.34. The minimum Gasteiger partial charge on any atom is -0.387 e. The summed E-state index contributed by atoms with van der Waals surface area (Å²) in [6, 6.07) is 0. The molecule has 0 spiro atoms. The first-order valence-electron chi connectivity index (χ1n) is 5.37. The Labute approximate surface area is 83.8 Å². The molecule has 0 saturated carbocycles. The van der Waals surface area contributed by atoms with Crippen molar-refractivity contribution >= 4 is 0 Å². The first-order valence-corrected chi connectivity index (χ1v) is 5.37. The molecule has 0 aromatic carbocycles. The lowest BCUT2D eigenvalue weighted by atomic mass is 10.0. The fourth-order valence-corrected chi connectivity index (χ4v) is 2.26. The second-order valence-corrected chi connectivity index (χ2v) is 4.00. The van der Waals surface area contributed by atoms with Gasteiger partial charge in [-0.3, -0.25) is 0 Å². The van der Waals surface area contributed by atoms with Crippen LogP contribution in [-0.4, -0.2) is 19.6 Å². The van der Waals surface area contributed by atoms with Crippen molar-refractivity contribution in [2.45, 2.75) is 19.3 Å². The lowest BCUT2D eigenvalue weighted by molar-refractivity contribution is 0.527. The molecule has 0 aliphatic carbocycles. The van der Waals surface area contributed by atoms with Crippen molar-refractivity contribution in [3.8, 4) is 0 Å². The average molecular weight is 192 g/mol. The predicted octanol–water partition coefficient (Wildman–Crippen LogP) is -0.0634. The average Bonchev–Trinajstić information content (AvgIpc) is 2.26. The molecule has 0 aromatic rings. The third-order valence-corrected chi connectivity index (χ3v) is 3.00. The number of dihydropyridines is 1. The summed E-state index contributed by atoms with van der Waals surface area (Å²) in [6.45, 7) is 3.17. The maximum atomic E-state index is 3.48. The summed E-state index contributed by atoms with van der Waals surface area (Å²) in [6.07, 6.45) is 3.45. The Bertz CT molecular complexity index is 256. The second-order valence-electron chi connectivity index (χ2n) is 4.00. The Morgan fingerprint density at radius 3 is 2.64 bits per heavy atom. The van der Waals surface area contributed by atoms with Crippen LogP contribution in [0.5, 0.6) is 0 Å². The van der Waals surface area contributed by atoms with E-state index in [1.54, 1.807) is 0 Å². The Kier molecular flexibility index (Phi) is 1.79. The van der Waals surface area contributed by atoms with Gasteiger partial charge in [-0.25, -0.2) is 0 Å². The summed E-state index contributed by atoms with van der Waals surface area (Å²) in [4.78, 5) is 0. The molecule has 3 aliphatic rings. The van der Waals surface area contributed by atoms with Crippen LogP contribution in [0.15, 0.2) is 22.9 Å². The van der Waals surface area contributed by atoms with Gasteiger partial charge in [0.05, 0.1) is 5.70 Å². The zero-order valence-corrected chi connectivity index (χ0v) is 8.24. The second kappa shape index (κ2) is 3.12. The van der Waals surface area contributed by atoms with Crippen molar-refractivity contribution in [2.24, 2.45) is 0 Å². The number of hydrogen-bond acceptors (Lipinski definition) is 4. The zero-order valence-electron chi connectivity index (χ0n) is 8.24. The van der Waals surface area contributed by atoms with Gasteiger partial charge in [0.1, 0.15) is 5.82 Å². The van der Waals surface area contributed by atoms with Crippen LogP contribution in [-0.2, 0) is 0 Å². The van der Waals surface area contributed by atoms with Crippen molar-refractivity contribution in [3.63, 3.8) is 0 Å². The molecule has 0 unspecified atom stereocenters. The van der Waals surface area contributed by atoms with Crippen LogP contribution in [0, 0.1) is 0 Å². The Morgan fingerprint density at radius 1 is 0.786 bits per heavy atom. The van der Waals surface area contributed by atoms with Gasteiger partial charge < -0.3 is 21.3 Å². The molecular formula is C10H16N4. The van der Waals surface area contributed by atoms with E-state index in [0.29, 0.717) is 0 Å². The van der Waals surface area contributed by atoms with Crippen molar-refractivity contribution in [3.05, 3.63) is 22.9 Å². The van der Waals surface area contributed by atoms with Gasteiger partial charge in [-0.2, -0.15) is 0 Å². The summed E-state index contributed by atoms with van der Waals surface area (Å²) in [5.74, 6) is 1.19.